The summed E-state index contributed by atoms with van der Waals surface area (Å²) in [6, 6.07) is 15.3. The minimum Gasteiger partial charge on any atom is -0.324 e. The summed E-state index contributed by atoms with van der Waals surface area (Å²) in [4.78, 5) is 12.3. The largest absolute Gasteiger partial charge is 0.324 e. The maximum absolute atomic E-state index is 12.3. The SMILES string of the molecule is Cc1ccc(Cl)cc1NC(=O)[C@H](C)N[C@@H](C)c1ccccc1. The fourth-order valence-electron chi connectivity index (χ4n) is 2.26. The van der Waals surface area contributed by atoms with Gasteiger partial charge >= 0.3 is 0 Å². The van der Waals surface area contributed by atoms with Crippen molar-refractivity contribution < 1.29 is 4.79 Å². The molecule has 2 atom stereocenters. The predicted octanol–water partition coefficient (Wildman–Crippen LogP) is 4.33. The molecule has 1 amide bonds. The minimum absolute atomic E-state index is 0.0758. The average molecular weight is 317 g/mol. The lowest BCUT2D eigenvalue weighted by Gasteiger charge is -2.20. The monoisotopic (exact) mass is 316 g/mol. The standard InChI is InChI=1S/C18H21ClN2O/c1-12-9-10-16(19)11-17(12)21-18(22)14(3)20-13(2)15-7-5-4-6-8-15/h4-11,13-14,20H,1-3H3,(H,21,22)/t13-,14-/m0/s1. The summed E-state index contributed by atoms with van der Waals surface area (Å²) in [5, 5.41) is 6.84. The molecule has 22 heavy (non-hydrogen) atoms. The van der Waals surface area contributed by atoms with Gasteiger partial charge in [0.05, 0.1) is 6.04 Å². The molecule has 4 heteroatoms. The van der Waals surface area contributed by atoms with Crippen LogP contribution in [-0.4, -0.2) is 11.9 Å². The molecule has 116 valence electrons. The van der Waals surface area contributed by atoms with Gasteiger partial charge in [-0.3, -0.25) is 10.1 Å². The van der Waals surface area contributed by atoms with Crippen molar-refractivity contribution in [1.29, 1.82) is 0 Å². The number of rotatable bonds is 5. The van der Waals surface area contributed by atoms with Crippen molar-refractivity contribution in [2.24, 2.45) is 0 Å². The Morgan fingerprint density at radius 3 is 2.45 bits per heavy atom. The van der Waals surface area contributed by atoms with Crippen LogP contribution in [0.15, 0.2) is 48.5 Å². The van der Waals surface area contributed by atoms with E-state index in [0.29, 0.717) is 5.02 Å². The van der Waals surface area contributed by atoms with Gasteiger partial charge in [0.25, 0.3) is 0 Å². The molecule has 0 unspecified atom stereocenters. The molecule has 2 N–H and O–H groups in total. The first kappa shape index (κ1) is 16.5. The average Bonchev–Trinajstić information content (AvgIpc) is 2.51. The zero-order valence-corrected chi connectivity index (χ0v) is 13.8. The number of carbonyl (C=O) groups is 1. The summed E-state index contributed by atoms with van der Waals surface area (Å²) in [7, 11) is 0. The quantitative estimate of drug-likeness (QED) is 0.862. The molecule has 0 aliphatic carbocycles. The Hall–Kier alpha value is -1.84. The molecule has 0 saturated carbocycles. The van der Waals surface area contributed by atoms with Crippen molar-refractivity contribution in [3.8, 4) is 0 Å². The Balaban J connectivity index is 1.99. The fraction of sp³-hybridized carbons (Fsp3) is 0.278. The van der Waals surface area contributed by atoms with Crippen LogP contribution in [0.4, 0.5) is 5.69 Å². The van der Waals surface area contributed by atoms with Crippen molar-refractivity contribution in [2.75, 3.05) is 5.32 Å². The fourth-order valence-corrected chi connectivity index (χ4v) is 2.43. The molecule has 3 nitrogen and oxygen atoms in total. The number of benzene rings is 2. The normalized spacial score (nSPS) is 13.5. The van der Waals surface area contributed by atoms with Gasteiger partial charge in [-0.2, -0.15) is 0 Å². The van der Waals surface area contributed by atoms with E-state index < -0.39 is 0 Å². The molecular weight excluding hydrogens is 296 g/mol. The number of amides is 1. The first-order valence-electron chi connectivity index (χ1n) is 7.35. The third kappa shape index (κ3) is 4.33. The van der Waals surface area contributed by atoms with Gasteiger partial charge in [0.2, 0.25) is 5.91 Å². The Morgan fingerprint density at radius 2 is 1.77 bits per heavy atom. The maximum atomic E-state index is 12.3. The second kappa shape index (κ2) is 7.43. The summed E-state index contributed by atoms with van der Waals surface area (Å²) < 4.78 is 0. The summed E-state index contributed by atoms with van der Waals surface area (Å²) >= 11 is 5.98. The van der Waals surface area contributed by atoms with E-state index in [4.69, 9.17) is 11.6 Å². The third-order valence-corrected chi connectivity index (χ3v) is 3.89. The van der Waals surface area contributed by atoms with E-state index in [2.05, 4.69) is 10.6 Å². The van der Waals surface area contributed by atoms with E-state index in [1.54, 1.807) is 6.07 Å². The Morgan fingerprint density at radius 1 is 1.09 bits per heavy atom. The lowest BCUT2D eigenvalue weighted by molar-refractivity contribution is -0.117. The third-order valence-electron chi connectivity index (χ3n) is 3.65. The van der Waals surface area contributed by atoms with Crippen LogP contribution < -0.4 is 10.6 Å². The van der Waals surface area contributed by atoms with Crippen LogP contribution in [0.3, 0.4) is 0 Å². The van der Waals surface area contributed by atoms with Gasteiger partial charge in [0.15, 0.2) is 0 Å². The maximum Gasteiger partial charge on any atom is 0.241 e. The predicted molar refractivity (Wildman–Crippen MR) is 92.3 cm³/mol. The van der Waals surface area contributed by atoms with Crippen molar-refractivity contribution >= 4 is 23.2 Å². The number of aryl methyl sites for hydroxylation is 1. The molecule has 0 bridgehead atoms. The molecular formula is C18H21ClN2O. The molecule has 0 aliphatic rings. The lowest BCUT2D eigenvalue weighted by Crippen LogP contribution is -2.39. The number of anilines is 1. The molecule has 0 heterocycles. The van der Waals surface area contributed by atoms with E-state index in [1.165, 1.54) is 0 Å². The molecule has 2 rings (SSSR count). The zero-order valence-electron chi connectivity index (χ0n) is 13.1. The topological polar surface area (TPSA) is 41.1 Å². The summed E-state index contributed by atoms with van der Waals surface area (Å²) in [5.74, 6) is -0.0758. The Bertz CT molecular complexity index is 643. The van der Waals surface area contributed by atoms with E-state index in [0.717, 1.165) is 16.8 Å². The highest BCUT2D eigenvalue weighted by molar-refractivity contribution is 6.31. The molecule has 0 aliphatic heterocycles. The van der Waals surface area contributed by atoms with Crippen LogP contribution in [0.2, 0.25) is 5.02 Å². The van der Waals surface area contributed by atoms with Crippen LogP contribution >= 0.6 is 11.6 Å². The zero-order chi connectivity index (χ0) is 16.1. The smallest absolute Gasteiger partial charge is 0.241 e. The number of hydrogen-bond acceptors (Lipinski definition) is 2. The van der Waals surface area contributed by atoms with E-state index in [-0.39, 0.29) is 18.0 Å². The van der Waals surface area contributed by atoms with E-state index in [1.807, 2.05) is 63.2 Å². The Labute approximate surface area is 136 Å². The molecule has 0 spiro atoms. The van der Waals surface area contributed by atoms with Crippen LogP contribution in [0.5, 0.6) is 0 Å². The molecule has 0 saturated heterocycles. The first-order valence-corrected chi connectivity index (χ1v) is 7.73. The first-order chi connectivity index (χ1) is 10.5. The highest BCUT2D eigenvalue weighted by Gasteiger charge is 2.17. The van der Waals surface area contributed by atoms with Gasteiger partial charge in [-0.1, -0.05) is 48.0 Å². The summed E-state index contributed by atoms with van der Waals surface area (Å²) in [6.45, 7) is 5.84. The van der Waals surface area contributed by atoms with Crippen molar-refractivity contribution in [2.45, 2.75) is 32.9 Å². The second-order valence-corrected chi connectivity index (χ2v) is 5.91. The van der Waals surface area contributed by atoms with Crippen molar-refractivity contribution in [1.82, 2.24) is 5.32 Å². The van der Waals surface area contributed by atoms with Gasteiger partial charge in [0, 0.05) is 16.8 Å². The second-order valence-electron chi connectivity index (χ2n) is 5.47. The lowest BCUT2D eigenvalue weighted by atomic mass is 10.1. The van der Waals surface area contributed by atoms with Crippen LogP contribution in [0.1, 0.15) is 31.0 Å². The van der Waals surface area contributed by atoms with Gasteiger partial charge in [0.1, 0.15) is 0 Å². The van der Waals surface area contributed by atoms with Crippen molar-refractivity contribution in [3.63, 3.8) is 0 Å². The van der Waals surface area contributed by atoms with Crippen LogP contribution in [0, 0.1) is 6.92 Å². The molecule has 0 radical (unpaired) electrons. The summed E-state index contributed by atoms with van der Waals surface area (Å²) in [6.07, 6.45) is 0. The van der Waals surface area contributed by atoms with Crippen LogP contribution in [0.25, 0.3) is 0 Å². The number of halogens is 1. The molecule has 0 fully saturated rings. The Kier molecular flexibility index (Phi) is 5.58. The molecule has 2 aromatic carbocycles. The van der Waals surface area contributed by atoms with Gasteiger partial charge in [-0.05, 0) is 44.0 Å². The van der Waals surface area contributed by atoms with Gasteiger partial charge in [-0.15, -0.1) is 0 Å². The molecule has 2 aromatic rings. The summed E-state index contributed by atoms with van der Waals surface area (Å²) in [5.41, 5.74) is 2.89. The number of nitrogens with one attached hydrogen (secondary N) is 2. The number of carbonyl (C=O) groups excluding carboxylic acids is 1. The van der Waals surface area contributed by atoms with Gasteiger partial charge < -0.3 is 5.32 Å². The van der Waals surface area contributed by atoms with E-state index in [9.17, 15) is 4.79 Å². The highest BCUT2D eigenvalue weighted by Crippen LogP contribution is 2.20. The van der Waals surface area contributed by atoms with Crippen LogP contribution in [-0.2, 0) is 4.79 Å². The number of hydrogen-bond donors (Lipinski definition) is 2. The molecule has 0 aromatic heterocycles. The highest BCUT2D eigenvalue weighted by atomic mass is 35.5. The van der Waals surface area contributed by atoms with Gasteiger partial charge in [-0.25, -0.2) is 0 Å². The van der Waals surface area contributed by atoms with E-state index >= 15 is 0 Å². The minimum atomic E-state index is -0.311. The van der Waals surface area contributed by atoms with Crippen molar-refractivity contribution in [3.05, 3.63) is 64.7 Å².